The fraction of sp³-hybridized carbons (Fsp3) is 0.550. The van der Waals surface area contributed by atoms with Crippen molar-refractivity contribution in [2.75, 3.05) is 31.3 Å². The molecule has 18 heteroatoms. The molecule has 17 nitrogen and oxygen atoms in total. The molecule has 7 atom stereocenters. The lowest BCUT2D eigenvalue weighted by Crippen LogP contribution is -2.29. The van der Waals surface area contributed by atoms with Crippen LogP contribution in [0.3, 0.4) is 0 Å². The molecular formula is C20H27N8O9P. The number of aromatic amines is 1. The fourth-order valence-electron chi connectivity index (χ4n) is 4.47. The summed E-state index contributed by atoms with van der Waals surface area (Å²) in [6.45, 7) is 0.512. The Balaban J connectivity index is 1.23. The Morgan fingerprint density at radius 3 is 2.66 bits per heavy atom. The summed E-state index contributed by atoms with van der Waals surface area (Å²) in [5.41, 5.74) is 10.2. The highest BCUT2D eigenvalue weighted by atomic mass is 31.2. The molecule has 2 aliphatic rings. The van der Waals surface area contributed by atoms with E-state index in [1.165, 1.54) is 34.4 Å². The molecular weight excluding hydrogens is 527 g/mol. The number of fused-ring (bicyclic) bond motifs is 1. The molecule has 3 aromatic rings. The van der Waals surface area contributed by atoms with Crippen LogP contribution in [0.15, 0.2) is 28.2 Å². The van der Waals surface area contributed by atoms with Gasteiger partial charge in [0.25, 0.3) is 5.56 Å². The Morgan fingerprint density at radius 1 is 1.18 bits per heavy atom. The first-order chi connectivity index (χ1) is 18.0. The first-order valence-corrected chi connectivity index (χ1v) is 13.6. The van der Waals surface area contributed by atoms with Crippen LogP contribution in [0.25, 0.3) is 11.2 Å². The number of hydrogen-bond donors (Lipinski definition) is 5. The van der Waals surface area contributed by atoms with E-state index < -0.39 is 62.3 Å². The number of hydrogen-bond acceptors (Lipinski definition) is 14. The average Bonchev–Trinajstić information content (AvgIpc) is 3.54. The largest absolute Gasteiger partial charge is 0.394 e. The molecule has 206 valence electrons. The molecule has 7 N–H and O–H groups in total. The highest BCUT2D eigenvalue weighted by molar-refractivity contribution is 7.53. The van der Waals surface area contributed by atoms with E-state index in [2.05, 4.69) is 19.9 Å². The van der Waals surface area contributed by atoms with Gasteiger partial charge in [-0.2, -0.15) is 9.97 Å². The third kappa shape index (κ3) is 5.22. The standard InChI is InChI=1S/C20H27N8O9P/c1-38(33,34-7-12-9(30)4-14(36-12)27-3-2-13(21)24-20(27)32)37-10-5-15(35-11(10)6-29)28-8-23-16-17(28)25-19(22)26-18(16)31/h2-3,8-12,14-15,29-30H,4-7H2,1H3,(H2,21,24,32)(H3,22,25,26,31)/t9-,10-,11?,12?,14-,15-,38?/m1/s1. The summed E-state index contributed by atoms with van der Waals surface area (Å²) in [6, 6.07) is 1.43. The van der Waals surface area contributed by atoms with E-state index in [0.717, 1.165) is 0 Å². The third-order valence-electron chi connectivity index (χ3n) is 6.29. The van der Waals surface area contributed by atoms with Gasteiger partial charge in [-0.25, -0.2) is 9.78 Å². The number of H-pyrrole nitrogens is 1. The molecule has 0 radical (unpaired) electrons. The van der Waals surface area contributed by atoms with E-state index in [1.807, 2.05) is 0 Å². The number of nitrogens with one attached hydrogen (secondary N) is 1. The molecule has 0 aromatic carbocycles. The molecule has 0 bridgehead atoms. The van der Waals surface area contributed by atoms with Crippen molar-refractivity contribution in [3.05, 3.63) is 39.4 Å². The molecule has 3 aromatic heterocycles. The van der Waals surface area contributed by atoms with E-state index in [0.29, 0.717) is 0 Å². The van der Waals surface area contributed by atoms with Crippen LogP contribution < -0.4 is 22.7 Å². The van der Waals surface area contributed by atoms with Gasteiger partial charge in [0, 0.05) is 25.7 Å². The number of rotatable bonds is 8. The van der Waals surface area contributed by atoms with E-state index in [4.69, 9.17) is 30.0 Å². The lowest BCUT2D eigenvalue weighted by Gasteiger charge is -2.23. The van der Waals surface area contributed by atoms with Crippen molar-refractivity contribution in [2.45, 2.75) is 49.7 Å². The minimum absolute atomic E-state index is 0.0580. The minimum Gasteiger partial charge on any atom is -0.394 e. The average molecular weight is 554 g/mol. The summed E-state index contributed by atoms with van der Waals surface area (Å²) in [5, 5.41) is 20.2. The molecule has 0 spiro atoms. The van der Waals surface area contributed by atoms with Gasteiger partial charge in [0.1, 0.15) is 30.5 Å². The number of aliphatic hydroxyl groups is 2. The van der Waals surface area contributed by atoms with Crippen LogP contribution in [0.5, 0.6) is 0 Å². The number of nitrogens with two attached hydrogens (primary N) is 2. The van der Waals surface area contributed by atoms with E-state index >= 15 is 0 Å². The molecule has 2 saturated heterocycles. The lowest BCUT2D eigenvalue weighted by atomic mass is 10.2. The van der Waals surface area contributed by atoms with E-state index in [-0.39, 0.29) is 42.4 Å². The van der Waals surface area contributed by atoms with Crippen LogP contribution in [0.1, 0.15) is 25.3 Å². The maximum atomic E-state index is 13.1. The topological polar surface area (TPSA) is 245 Å². The summed E-state index contributed by atoms with van der Waals surface area (Å²) >= 11 is 0. The van der Waals surface area contributed by atoms with Crippen LogP contribution >= 0.6 is 7.60 Å². The summed E-state index contributed by atoms with van der Waals surface area (Å²) in [7, 11) is -3.74. The Labute approximate surface area is 213 Å². The lowest BCUT2D eigenvalue weighted by molar-refractivity contribution is -0.0510. The van der Waals surface area contributed by atoms with Gasteiger partial charge < -0.3 is 40.2 Å². The zero-order valence-electron chi connectivity index (χ0n) is 20.1. The predicted molar refractivity (Wildman–Crippen MR) is 130 cm³/mol. The second-order valence-electron chi connectivity index (χ2n) is 9.01. The van der Waals surface area contributed by atoms with Crippen LogP contribution in [0.2, 0.25) is 0 Å². The molecule has 5 rings (SSSR count). The van der Waals surface area contributed by atoms with Crippen molar-refractivity contribution in [3.63, 3.8) is 0 Å². The SMILES string of the molecule is CP(=O)(OCC1O[C@@H](n2ccc(N)nc2=O)C[C@H]1O)O[C@@H]1C[C@H](n2cnc3c(=O)[nH]c(N)nc32)OC1CO. The van der Waals surface area contributed by atoms with Gasteiger partial charge in [-0.1, -0.05) is 0 Å². The quantitative estimate of drug-likeness (QED) is 0.203. The highest BCUT2D eigenvalue weighted by Crippen LogP contribution is 2.49. The summed E-state index contributed by atoms with van der Waals surface area (Å²) in [5.74, 6) is -0.0420. The van der Waals surface area contributed by atoms with Crippen LogP contribution in [-0.2, 0) is 23.1 Å². The Bertz CT molecular complexity index is 1490. The van der Waals surface area contributed by atoms with Gasteiger partial charge in [0.2, 0.25) is 5.95 Å². The molecule has 3 unspecified atom stereocenters. The van der Waals surface area contributed by atoms with Crippen molar-refractivity contribution in [2.24, 2.45) is 0 Å². The summed E-state index contributed by atoms with van der Waals surface area (Å²) in [4.78, 5) is 38.3. The van der Waals surface area contributed by atoms with Crippen molar-refractivity contribution < 1.29 is 33.3 Å². The monoisotopic (exact) mass is 554 g/mol. The number of ether oxygens (including phenoxy) is 2. The first kappa shape index (κ1) is 26.4. The highest BCUT2D eigenvalue weighted by Gasteiger charge is 2.42. The number of nitrogen functional groups attached to an aromatic ring is 2. The number of aliphatic hydroxyl groups excluding tert-OH is 2. The number of aromatic nitrogens is 6. The summed E-state index contributed by atoms with van der Waals surface area (Å²) < 4.78 is 38.6. The molecule has 5 heterocycles. The minimum atomic E-state index is -3.74. The summed E-state index contributed by atoms with van der Waals surface area (Å²) in [6.07, 6.45) is -2.19. The Morgan fingerprint density at radius 2 is 1.92 bits per heavy atom. The molecule has 2 aliphatic heterocycles. The fourth-order valence-corrected chi connectivity index (χ4v) is 5.66. The predicted octanol–water partition coefficient (Wildman–Crippen LogP) is -1.31. The van der Waals surface area contributed by atoms with Crippen LogP contribution in [0, 0.1) is 0 Å². The third-order valence-corrected chi connectivity index (χ3v) is 7.56. The van der Waals surface area contributed by atoms with E-state index in [9.17, 15) is 24.4 Å². The maximum absolute atomic E-state index is 13.1. The zero-order valence-corrected chi connectivity index (χ0v) is 21.0. The molecule has 0 saturated carbocycles. The molecule has 0 amide bonds. The Kier molecular flexibility index (Phi) is 7.08. The van der Waals surface area contributed by atoms with Gasteiger partial charge in [0.05, 0.1) is 31.7 Å². The number of imidazole rings is 1. The van der Waals surface area contributed by atoms with Gasteiger partial charge in [-0.3, -0.25) is 23.5 Å². The van der Waals surface area contributed by atoms with Crippen molar-refractivity contribution >= 4 is 30.5 Å². The van der Waals surface area contributed by atoms with Crippen molar-refractivity contribution in [1.29, 1.82) is 0 Å². The zero-order chi connectivity index (χ0) is 27.2. The number of anilines is 2. The molecule has 38 heavy (non-hydrogen) atoms. The maximum Gasteiger partial charge on any atom is 0.351 e. The Hall–Kier alpha value is -3.18. The van der Waals surface area contributed by atoms with Crippen LogP contribution in [-0.4, -0.2) is 83.6 Å². The molecule has 0 aliphatic carbocycles. The van der Waals surface area contributed by atoms with Crippen molar-refractivity contribution in [1.82, 2.24) is 29.1 Å². The first-order valence-electron chi connectivity index (χ1n) is 11.6. The van der Waals surface area contributed by atoms with Gasteiger partial charge in [-0.05, 0) is 6.07 Å². The van der Waals surface area contributed by atoms with Gasteiger partial charge >= 0.3 is 13.3 Å². The normalized spacial score (nSPS) is 29.1. The second kappa shape index (κ2) is 10.2. The van der Waals surface area contributed by atoms with Crippen molar-refractivity contribution in [3.8, 4) is 0 Å². The van der Waals surface area contributed by atoms with E-state index in [1.54, 1.807) is 0 Å². The molecule has 2 fully saturated rings. The van der Waals surface area contributed by atoms with Gasteiger partial charge in [0.15, 0.2) is 11.2 Å². The number of nitrogens with zero attached hydrogens (tertiary/aromatic N) is 5. The smallest absolute Gasteiger partial charge is 0.351 e. The second-order valence-corrected chi connectivity index (χ2v) is 11.0. The van der Waals surface area contributed by atoms with Crippen LogP contribution in [0.4, 0.5) is 11.8 Å². The van der Waals surface area contributed by atoms with Gasteiger partial charge in [-0.15, -0.1) is 0 Å².